The van der Waals surface area contributed by atoms with Crippen molar-refractivity contribution in [3.05, 3.63) is 0 Å². The monoisotopic (exact) mass is 123 g/mol. The first kappa shape index (κ1) is 10.3. The molecule has 1 rings (SSSR count). The summed E-state index contributed by atoms with van der Waals surface area (Å²) in [5.74, 6) is 0. The van der Waals surface area contributed by atoms with E-state index in [2.05, 4.69) is 13.8 Å². The van der Waals surface area contributed by atoms with Crippen LogP contribution >= 0.6 is 12.4 Å². The van der Waals surface area contributed by atoms with Crippen molar-refractivity contribution in [3.8, 4) is 0 Å². The molecule has 3 N–H and O–H groups in total. The van der Waals surface area contributed by atoms with E-state index in [4.69, 9.17) is 0 Å². The van der Waals surface area contributed by atoms with Gasteiger partial charge in [-0.15, -0.1) is 12.4 Å². The first-order valence-corrected chi connectivity index (χ1v) is 2.21. The molecule has 0 aliphatic heterocycles. The topological polar surface area (TPSA) is 35.0 Å². The fourth-order valence-corrected chi connectivity index (χ4v) is 0.250. The highest BCUT2D eigenvalue weighted by Gasteiger charge is 2.30. The normalized spacial score (nSPS) is 21.4. The Morgan fingerprint density at radius 2 is 1.29 bits per heavy atom. The maximum atomic E-state index is 2.30. The van der Waals surface area contributed by atoms with Crippen LogP contribution in [0.15, 0.2) is 0 Å². The first-order chi connectivity index (χ1) is 2.21. The second-order valence-electron chi connectivity index (χ2n) is 2.66. The molecule has 0 aromatic heterocycles. The van der Waals surface area contributed by atoms with Crippen LogP contribution in [0.5, 0.6) is 0 Å². The van der Waals surface area contributed by atoms with Gasteiger partial charge in [0.1, 0.15) is 0 Å². The van der Waals surface area contributed by atoms with Gasteiger partial charge in [-0.25, -0.2) is 0 Å². The molecule has 46 valence electrons. The molecular formula is C5H14ClN. The van der Waals surface area contributed by atoms with Crippen LogP contribution in [0.25, 0.3) is 0 Å². The van der Waals surface area contributed by atoms with Crippen molar-refractivity contribution in [2.24, 2.45) is 5.41 Å². The minimum absolute atomic E-state index is 0. The number of hydrogen-bond acceptors (Lipinski definition) is 1. The second-order valence-corrected chi connectivity index (χ2v) is 2.66. The number of hydrogen-bond donors (Lipinski definition) is 1. The zero-order valence-electron chi connectivity index (χ0n) is 5.03. The van der Waals surface area contributed by atoms with E-state index >= 15 is 0 Å². The van der Waals surface area contributed by atoms with Crippen molar-refractivity contribution in [2.75, 3.05) is 0 Å². The molecule has 7 heavy (non-hydrogen) atoms. The van der Waals surface area contributed by atoms with Gasteiger partial charge >= 0.3 is 0 Å². The van der Waals surface area contributed by atoms with Gasteiger partial charge in [0, 0.05) is 0 Å². The summed E-state index contributed by atoms with van der Waals surface area (Å²) >= 11 is 0. The second kappa shape index (κ2) is 2.53. The highest BCUT2D eigenvalue weighted by Crippen LogP contribution is 2.43. The summed E-state index contributed by atoms with van der Waals surface area (Å²) in [5.41, 5.74) is 0.750. The Bertz CT molecular complexity index is 46.0. The minimum atomic E-state index is 0. The molecule has 1 fully saturated rings. The molecule has 0 aromatic rings. The Morgan fingerprint density at radius 1 is 1.14 bits per heavy atom. The van der Waals surface area contributed by atoms with E-state index in [1.807, 2.05) is 0 Å². The predicted octanol–water partition coefficient (Wildman–Crippen LogP) is 2.39. The highest BCUT2D eigenvalue weighted by atomic mass is 35.5. The van der Waals surface area contributed by atoms with E-state index in [-0.39, 0.29) is 18.6 Å². The van der Waals surface area contributed by atoms with Gasteiger partial charge < -0.3 is 6.15 Å². The Kier molecular flexibility index (Phi) is 3.72. The number of rotatable bonds is 0. The molecule has 1 aliphatic carbocycles. The van der Waals surface area contributed by atoms with E-state index in [1.165, 1.54) is 12.8 Å². The van der Waals surface area contributed by atoms with Crippen molar-refractivity contribution in [1.29, 1.82) is 0 Å². The van der Waals surface area contributed by atoms with Gasteiger partial charge in [0.25, 0.3) is 0 Å². The zero-order valence-corrected chi connectivity index (χ0v) is 5.85. The van der Waals surface area contributed by atoms with Gasteiger partial charge in [-0.2, -0.15) is 0 Å². The SMILES string of the molecule is CC1(C)CC1.Cl.N. The van der Waals surface area contributed by atoms with Gasteiger partial charge in [-0.05, 0) is 18.3 Å². The summed E-state index contributed by atoms with van der Waals surface area (Å²) in [6.07, 6.45) is 2.90. The van der Waals surface area contributed by atoms with E-state index < -0.39 is 0 Å². The minimum Gasteiger partial charge on any atom is -0.344 e. The quantitative estimate of drug-likeness (QED) is 0.528. The van der Waals surface area contributed by atoms with Crippen molar-refractivity contribution in [2.45, 2.75) is 26.7 Å². The van der Waals surface area contributed by atoms with Gasteiger partial charge in [0.15, 0.2) is 0 Å². The van der Waals surface area contributed by atoms with Crippen molar-refractivity contribution in [1.82, 2.24) is 6.15 Å². The summed E-state index contributed by atoms with van der Waals surface area (Å²) in [6.45, 7) is 4.60. The van der Waals surface area contributed by atoms with Gasteiger partial charge in [0.2, 0.25) is 0 Å². The average molecular weight is 124 g/mol. The predicted molar refractivity (Wildman–Crippen MR) is 35.3 cm³/mol. The molecule has 1 nitrogen and oxygen atoms in total. The lowest BCUT2D eigenvalue weighted by Gasteiger charge is -1.86. The van der Waals surface area contributed by atoms with Crippen LogP contribution in [0, 0.1) is 5.41 Å². The third-order valence-corrected chi connectivity index (χ3v) is 1.25. The Labute approximate surface area is 51.5 Å². The molecular weight excluding hydrogens is 110 g/mol. The highest BCUT2D eigenvalue weighted by molar-refractivity contribution is 5.85. The molecule has 0 atom stereocenters. The molecule has 0 bridgehead atoms. The molecule has 0 saturated heterocycles. The standard InChI is InChI=1S/C5H10.ClH.H3N/c1-5(2)3-4-5;;/h3-4H2,1-2H3;1H;1H3. The summed E-state index contributed by atoms with van der Waals surface area (Å²) in [4.78, 5) is 0. The number of halogens is 1. The van der Waals surface area contributed by atoms with Gasteiger partial charge in [-0.3, -0.25) is 0 Å². The van der Waals surface area contributed by atoms with E-state index in [0.29, 0.717) is 0 Å². The fraction of sp³-hybridized carbons (Fsp3) is 1.00. The maximum absolute atomic E-state index is 2.30. The maximum Gasteiger partial charge on any atom is -0.0354 e. The van der Waals surface area contributed by atoms with Crippen LogP contribution in [0.4, 0.5) is 0 Å². The lowest BCUT2D eigenvalue weighted by atomic mass is 10.2. The van der Waals surface area contributed by atoms with Crippen LogP contribution in [0.1, 0.15) is 26.7 Å². The van der Waals surface area contributed by atoms with Crippen molar-refractivity contribution >= 4 is 12.4 Å². The van der Waals surface area contributed by atoms with Crippen LogP contribution in [0.3, 0.4) is 0 Å². The van der Waals surface area contributed by atoms with Gasteiger partial charge in [0.05, 0.1) is 0 Å². The van der Waals surface area contributed by atoms with Gasteiger partial charge in [-0.1, -0.05) is 13.8 Å². The summed E-state index contributed by atoms with van der Waals surface area (Å²) in [5, 5.41) is 0. The largest absolute Gasteiger partial charge is 0.344 e. The smallest absolute Gasteiger partial charge is 0.0354 e. The molecule has 0 heterocycles. The van der Waals surface area contributed by atoms with Crippen molar-refractivity contribution in [3.63, 3.8) is 0 Å². The molecule has 1 saturated carbocycles. The van der Waals surface area contributed by atoms with E-state index in [9.17, 15) is 0 Å². The zero-order chi connectivity index (χ0) is 3.91. The molecule has 0 unspecified atom stereocenters. The van der Waals surface area contributed by atoms with E-state index in [0.717, 1.165) is 5.41 Å². The van der Waals surface area contributed by atoms with Crippen LogP contribution in [-0.2, 0) is 0 Å². The summed E-state index contributed by atoms with van der Waals surface area (Å²) in [6, 6.07) is 0. The molecule has 1 aliphatic rings. The van der Waals surface area contributed by atoms with E-state index in [1.54, 1.807) is 0 Å². The van der Waals surface area contributed by atoms with Crippen molar-refractivity contribution < 1.29 is 0 Å². The van der Waals surface area contributed by atoms with Crippen LogP contribution in [0.2, 0.25) is 0 Å². The molecule has 2 heteroatoms. The molecule has 0 amide bonds. The third kappa shape index (κ3) is 4.10. The Morgan fingerprint density at radius 3 is 1.29 bits per heavy atom. The van der Waals surface area contributed by atoms with Crippen LogP contribution < -0.4 is 6.15 Å². The Balaban J connectivity index is 0. The first-order valence-electron chi connectivity index (χ1n) is 2.21. The Hall–Kier alpha value is 0.250. The lowest BCUT2D eigenvalue weighted by Crippen LogP contribution is -1.75. The molecule has 0 spiro atoms. The average Bonchev–Trinajstić information content (AvgIpc) is 1.76. The van der Waals surface area contributed by atoms with Crippen LogP contribution in [-0.4, -0.2) is 0 Å². The fourth-order valence-electron chi connectivity index (χ4n) is 0.250. The molecule has 0 aromatic carbocycles. The summed E-state index contributed by atoms with van der Waals surface area (Å²) in [7, 11) is 0. The lowest BCUT2D eigenvalue weighted by molar-refractivity contribution is 0.653. The third-order valence-electron chi connectivity index (χ3n) is 1.25. The molecule has 0 radical (unpaired) electrons. The summed E-state index contributed by atoms with van der Waals surface area (Å²) < 4.78 is 0.